The Bertz CT molecular complexity index is 668. The van der Waals surface area contributed by atoms with Gasteiger partial charge >= 0.3 is 5.97 Å². The van der Waals surface area contributed by atoms with E-state index in [1.165, 1.54) is 19.1 Å². The molecule has 5 nitrogen and oxygen atoms in total. The maximum Gasteiger partial charge on any atom is 0.335 e. The molecule has 0 saturated heterocycles. The van der Waals surface area contributed by atoms with Crippen LogP contribution in [0.3, 0.4) is 0 Å². The van der Waals surface area contributed by atoms with Crippen molar-refractivity contribution in [3.05, 3.63) is 58.2 Å². The molecule has 0 bridgehead atoms. The number of ketones is 1. The fourth-order valence-corrected chi connectivity index (χ4v) is 2.55. The minimum Gasteiger partial charge on any atom is -0.478 e. The van der Waals surface area contributed by atoms with Gasteiger partial charge in [0.15, 0.2) is 11.7 Å². The number of Topliss-reactive ketones (excluding diaryl/α,β-unsaturated/α-hetero) is 1. The molecule has 1 unspecified atom stereocenters. The topological polar surface area (TPSA) is 89.6 Å². The van der Waals surface area contributed by atoms with E-state index in [2.05, 4.69) is 0 Å². The maximum atomic E-state index is 11.9. The third-order valence-corrected chi connectivity index (χ3v) is 3.62. The highest BCUT2D eigenvalue weighted by Gasteiger charge is 2.31. The molecule has 3 N–H and O–H groups in total. The van der Waals surface area contributed by atoms with Crippen molar-refractivity contribution in [1.29, 1.82) is 0 Å². The molecule has 0 radical (unpaired) electrons. The van der Waals surface area contributed by atoms with Crippen LogP contribution in [-0.2, 0) is 9.53 Å². The van der Waals surface area contributed by atoms with Crippen molar-refractivity contribution >= 4 is 11.8 Å². The number of ether oxygens (including phenoxy) is 1. The molecular formula is C16H17NO4. The van der Waals surface area contributed by atoms with E-state index in [-0.39, 0.29) is 23.1 Å². The van der Waals surface area contributed by atoms with Gasteiger partial charge < -0.3 is 15.6 Å². The summed E-state index contributed by atoms with van der Waals surface area (Å²) in [5, 5.41) is 8.95. The van der Waals surface area contributed by atoms with E-state index in [1.807, 2.05) is 0 Å². The van der Waals surface area contributed by atoms with E-state index in [0.717, 1.165) is 11.1 Å². The first-order valence-electron chi connectivity index (χ1n) is 6.52. The summed E-state index contributed by atoms with van der Waals surface area (Å²) in [4.78, 5) is 22.8. The van der Waals surface area contributed by atoms with E-state index in [0.29, 0.717) is 11.3 Å². The first-order valence-corrected chi connectivity index (χ1v) is 6.52. The van der Waals surface area contributed by atoms with Crippen molar-refractivity contribution in [2.45, 2.75) is 26.7 Å². The molecule has 2 rings (SSSR count). The van der Waals surface area contributed by atoms with E-state index in [9.17, 15) is 9.59 Å². The van der Waals surface area contributed by atoms with Crippen LogP contribution in [0.4, 0.5) is 0 Å². The van der Waals surface area contributed by atoms with Crippen LogP contribution in [-0.4, -0.2) is 16.9 Å². The largest absolute Gasteiger partial charge is 0.478 e. The summed E-state index contributed by atoms with van der Waals surface area (Å²) in [5.41, 5.74) is 8.16. The standard InChI is InChI=1S/C16H17NO4/c1-8-13(11-4-6-12(7-5-11)16(19)20)14(9(2)18)10(3)21-15(8)17/h4-7,13H,17H2,1-3H3,(H,19,20). The molecule has 1 aliphatic rings. The molecule has 5 heteroatoms. The molecule has 1 heterocycles. The number of carbonyl (C=O) groups is 2. The maximum absolute atomic E-state index is 11.9. The van der Waals surface area contributed by atoms with Gasteiger partial charge in [0, 0.05) is 11.5 Å². The Labute approximate surface area is 122 Å². The van der Waals surface area contributed by atoms with Gasteiger partial charge in [0.05, 0.1) is 5.56 Å². The number of aromatic carboxylic acids is 1. The summed E-state index contributed by atoms with van der Waals surface area (Å²) < 4.78 is 5.41. The number of hydrogen-bond acceptors (Lipinski definition) is 4. The van der Waals surface area contributed by atoms with Gasteiger partial charge in [0.1, 0.15) is 5.76 Å². The van der Waals surface area contributed by atoms with Gasteiger partial charge in [0.2, 0.25) is 0 Å². The lowest BCUT2D eigenvalue weighted by atomic mass is 9.81. The molecule has 1 aromatic rings. The van der Waals surface area contributed by atoms with Crippen molar-refractivity contribution in [2.75, 3.05) is 0 Å². The summed E-state index contributed by atoms with van der Waals surface area (Å²) in [6.45, 7) is 4.99. The van der Waals surface area contributed by atoms with Crippen LogP contribution in [0.5, 0.6) is 0 Å². The fourth-order valence-electron chi connectivity index (χ4n) is 2.55. The number of hydrogen-bond donors (Lipinski definition) is 2. The Morgan fingerprint density at radius 3 is 2.24 bits per heavy atom. The molecule has 1 atom stereocenters. The lowest BCUT2D eigenvalue weighted by Crippen LogP contribution is -2.22. The van der Waals surface area contributed by atoms with Gasteiger partial charge in [-0.3, -0.25) is 4.79 Å². The third-order valence-electron chi connectivity index (χ3n) is 3.62. The molecule has 110 valence electrons. The predicted molar refractivity (Wildman–Crippen MR) is 77.5 cm³/mol. The van der Waals surface area contributed by atoms with Crippen LogP contribution >= 0.6 is 0 Å². The number of rotatable bonds is 3. The number of carboxylic acids is 1. The van der Waals surface area contributed by atoms with Crippen LogP contribution in [0.25, 0.3) is 0 Å². The average Bonchev–Trinajstić information content (AvgIpc) is 2.42. The zero-order valence-corrected chi connectivity index (χ0v) is 12.1. The lowest BCUT2D eigenvalue weighted by molar-refractivity contribution is -0.114. The van der Waals surface area contributed by atoms with Gasteiger partial charge in [-0.25, -0.2) is 4.79 Å². The van der Waals surface area contributed by atoms with Crippen LogP contribution in [0.2, 0.25) is 0 Å². The number of allylic oxidation sites excluding steroid dienone is 3. The molecule has 0 aliphatic carbocycles. The molecule has 1 aromatic carbocycles. The average molecular weight is 287 g/mol. The summed E-state index contributed by atoms with van der Waals surface area (Å²) in [6.07, 6.45) is 0. The van der Waals surface area contributed by atoms with Crippen molar-refractivity contribution in [3.63, 3.8) is 0 Å². The molecule has 21 heavy (non-hydrogen) atoms. The number of benzene rings is 1. The molecule has 0 amide bonds. The van der Waals surface area contributed by atoms with E-state index < -0.39 is 5.97 Å². The highest BCUT2D eigenvalue weighted by molar-refractivity contribution is 5.96. The van der Waals surface area contributed by atoms with E-state index in [4.69, 9.17) is 15.6 Å². The SMILES string of the molecule is CC(=O)C1=C(C)OC(N)=C(C)C1c1ccc(C(=O)O)cc1. The Morgan fingerprint density at radius 2 is 1.76 bits per heavy atom. The monoisotopic (exact) mass is 287 g/mol. The summed E-state index contributed by atoms with van der Waals surface area (Å²) in [7, 11) is 0. The quantitative estimate of drug-likeness (QED) is 0.891. The number of carboxylic acid groups (broad SMARTS) is 1. The summed E-state index contributed by atoms with van der Waals surface area (Å²) in [5.74, 6) is -0.618. The van der Waals surface area contributed by atoms with Gasteiger partial charge in [-0.1, -0.05) is 12.1 Å². The lowest BCUT2D eigenvalue weighted by Gasteiger charge is -2.28. The number of carbonyl (C=O) groups excluding carboxylic acids is 1. The van der Waals surface area contributed by atoms with Crippen molar-refractivity contribution < 1.29 is 19.4 Å². The van der Waals surface area contributed by atoms with Crippen molar-refractivity contribution in [2.24, 2.45) is 5.73 Å². The van der Waals surface area contributed by atoms with Gasteiger partial charge in [-0.05, 0) is 44.0 Å². The highest BCUT2D eigenvalue weighted by Crippen LogP contribution is 2.39. The minimum atomic E-state index is -0.987. The first-order chi connectivity index (χ1) is 9.82. The Balaban J connectivity index is 2.53. The second-order valence-corrected chi connectivity index (χ2v) is 5.04. The first kappa shape index (κ1) is 14.8. The second kappa shape index (κ2) is 5.44. The molecular weight excluding hydrogens is 270 g/mol. The summed E-state index contributed by atoms with van der Waals surface area (Å²) in [6, 6.07) is 6.44. The van der Waals surface area contributed by atoms with Crippen LogP contribution in [0.15, 0.2) is 47.1 Å². The van der Waals surface area contributed by atoms with Gasteiger partial charge in [0.25, 0.3) is 0 Å². The fraction of sp³-hybridized carbons (Fsp3) is 0.250. The van der Waals surface area contributed by atoms with Gasteiger partial charge in [-0.2, -0.15) is 0 Å². The Hall–Kier alpha value is -2.56. The minimum absolute atomic E-state index is 0.0911. The smallest absolute Gasteiger partial charge is 0.335 e. The molecule has 0 fully saturated rings. The predicted octanol–water partition coefficient (Wildman–Crippen LogP) is 2.55. The summed E-state index contributed by atoms with van der Waals surface area (Å²) >= 11 is 0. The molecule has 0 spiro atoms. The van der Waals surface area contributed by atoms with E-state index >= 15 is 0 Å². The Morgan fingerprint density at radius 1 is 1.19 bits per heavy atom. The molecule has 0 aromatic heterocycles. The van der Waals surface area contributed by atoms with Crippen molar-refractivity contribution in [3.8, 4) is 0 Å². The number of nitrogens with two attached hydrogens (primary N) is 1. The molecule has 0 saturated carbocycles. The van der Waals surface area contributed by atoms with E-state index in [1.54, 1.807) is 26.0 Å². The van der Waals surface area contributed by atoms with Gasteiger partial charge in [-0.15, -0.1) is 0 Å². The normalized spacial score (nSPS) is 18.5. The second-order valence-electron chi connectivity index (χ2n) is 5.04. The van der Waals surface area contributed by atoms with Crippen LogP contribution < -0.4 is 5.73 Å². The zero-order valence-electron chi connectivity index (χ0n) is 12.1. The van der Waals surface area contributed by atoms with Crippen LogP contribution in [0.1, 0.15) is 42.6 Å². The molecule has 1 aliphatic heterocycles. The van der Waals surface area contributed by atoms with Crippen molar-refractivity contribution in [1.82, 2.24) is 0 Å². The zero-order chi connectivity index (χ0) is 15.7. The third kappa shape index (κ3) is 2.67. The Kier molecular flexibility index (Phi) is 3.84. The highest BCUT2D eigenvalue weighted by atomic mass is 16.5. The van der Waals surface area contributed by atoms with Crippen LogP contribution in [0, 0.1) is 0 Å².